The number of aliphatic hydroxyl groups excluding tert-OH is 1. The summed E-state index contributed by atoms with van der Waals surface area (Å²) < 4.78 is 15.0. The molecule has 0 aliphatic heterocycles. The van der Waals surface area contributed by atoms with Crippen LogP contribution in [0.25, 0.3) is 0 Å². The Morgan fingerprint density at radius 1 is 1.47 bits per heavy atom. The maximum absolute atomic E-state index is 13.2. The summed E-state index contributed by atoms with van der Waals surface area (Å²) in [6.45, 7) is 1.61. The Morgan fingerprint density at radius 3 is 2.95 bits per heavy atom. The Kier molecular flexibility index (Phi) is 3.24. The van der Waals surface area contributed by atoms with Crippen LogP contribution in [-0.2, 0) is 0 Å². The van der Waals surface area contributed by atoms with Crippen LogP contribution in [0.2, 0.25) is 0 Å². The Labute approximate surface area is 113 Å². The summed E-state index contributed by atoms with van der Waals surface area (Å²) in [6, 6.07) is 4.75. The number of hydrogen-bond acceptors (Lipinski definition) is 5. The molecule has 1 aromatic carbocycles. The van der Waals surface area contributed by atoms with Crippen molar-refractivity contribution in [2.24, 2.45) is 0 Å². The fourth-order valence-corrected chi connectivity index (χ4v) is 2.87. The molecule has 1 aliphatic carbocycles. The molecule has 100 valence electrons. The topological polar surface area (TPSA) is 63.8 Å². The molecule has 1 N–H and O–H groups in total. The Hall–Kier alpha value is -1.47. The minimum Gasteiger partial charge on any atom is -0.389 e. The first-order valence-corrected chi connectivity index (χ1v) is 6.90. The lowest BCUT2D eigenvalue weighted by Crippen LogP contribution is -2.00. The van der Waals surface area contributed by atoms with Crippen LogP contribution in [-0.4, -0.2) is 25.3 Å². The second-order valence-corrected chi connectivity index (χ2v) is 5.61. The van der Waals surface area contributed by atoms with Crippen LogP contribution in [0.4, 0.5) is 4.39 Å². The number of tetrazole rings is 1. The molecule has 1 unspecified atom stereocenters. The smallest absolute Gasteiger partial charge is 0.214 e. The van der Waals surface area contributed by atoms with Gasteiger partial charge in [-0.1, -0.05) is 0 Å². The lowest BCUT2D eigenvalue weighted by atomic mass is 10.1. The first kappa shape index (κ1) is 12.6. The van der Waals surface area contributed by atoms with Crippen LogP contribution in [0.1, 0.15) is 37.5 Å². The van der Waals surface area contributed by atoms with Crippen molar-refractivity contribution in [1.82, 2.24) is 20.2 Å². The highest BCUT2D eigenvalue weighted by Crippen LogP contribution is 2.39. The molecule has 1 aromatic heterocycles. The van der Waals surface area contributed by atoms with E-state index in [4.69, 9.17) is 0 Å². The molecule has 1 fully saturated rings. The Balaban J connectivity index is 1.92. The number of halogens is 1. The lowest BCUT2D eigenvalue weighted by molar-refractivity contribution is 0.196. The van der Waals surface area contributed by atoms with Gasteiger partial charge in [0.15, 0.2) is 0 Å². The third-order valence-electron chi connectivity index (χ3n) is 2.98. The van der Waals surface area contributed by atoms with Crippen molar-refractivity contribution in [2.75, 3.05) is 0 Å². The molecule has 0 spiro atoms. The fraction of sp³-hybridized carbons (Fsp3) is 0.417. The van der Waals surface area contributed by atoms with Gasteiger partial charge in [-0.3, -0.25) is 0 Å². The van der Waals surface area contributed by atoms with Crippen molar-refractivity contribution in [3.63, 3.8) is 0 Å². The molecule has 0 radical (unpaired) electrons. The largest absolute Gasteiger partial charge is 0.389 e. The zero-order valence-corrected chi connectivity index (χ0v) is 11.1. The van der Waals surface area contributed by atoms with Crippen molar-refractivity contribution in [3.05, 3.63) is 29.6 Å². The fourth-order valence-electron chi connectivity index (χ4n) is 1.84. The predicted octanol–water partition coefficient (Wildman–Crippen LogP) is 2.35. The number of benzene rings is 1. The summed E-state index contributed by atoms with van der Waals surface area (Å²) >= 11 is 1.35. The molecule has 7 heteroatoms. The van der Waals surface area contributed by atoms with Crippen LogP contribution in [0.3, 0.4) is 0 Å². The van der Waals surface area contributed by atoms with E-state index in [1.165, 1.54) is 23.9 Å². The number of aliphatic hydroxyl groups is 1. The predicted molar refractivity (Wildman–Crippen MR) is 67.2 cm³/mol. The minimum atomic E-state index is -0.733. The van der Waals surface area contributed by atoms with Crippen LogP contribution < -0.4 is 0 Å². The molecule has 2 aromatic rings. The Bertz CT molecular complexity index is 597. The quantitative estimate of drug-likeness (QED) is 0.931. The van der Waals surface area contributed by atoms with Gasteiger partial charge < -0.3 is 5.11 Å². The van der Waals surface area contributed by atoms with Crippen molar-refractivity contribution in [1.29, 1.82) is 0 Å². The molecule has 1 heterocycles. The van der Waals surface area contributed by atoms with Crippen molar-refractivity contribution in [3.8, 4) is 0 Å². The zero-order chi connectivity index (χ0) is 13.4. The average Bonchev–Trinajstić information content (AvgIpc) is 3.12. The van der Waals surface area contributed by atoms with Gasteiger partial charge in [0.05, 0.1) is 12.1 Å². The molecule has 5 nitrogen and oxygen atoms in total. The highest BCUT2D eigenvalue weighted by atomic mass is 32.2. The zero-order valence-electron chi connectivity index (χ0n) is 10.3. The van der Waals surface area contributed by atoms with Gasteiger partial charge in [-0.25, -0.2) is 9.07 Å². The summed E-state index contributed by atoms with van der Waals surface area (Å²) in [7, 11) is 0. The van der Waals surface area contributed by atoms with E-state index in [0.717, 1.165) is 17.7 Å². The molecule has 19 heavy (non-hydrogen) atoms. The van der Waals surface area contributed by atoms with Crippen LogP contribution in [0, 0.1) is 5.82 Å². The molecular formula is C12H13FN4OS. The van der Waals surface area contributed by atoms with Crippen molar-refractivity contribution < 1.29 is 9.50 Å². The molecule has 1 saturated carbocycles. The van der Waals surface area contributed by atoms with Gasteiger partial charge >= 0.3 is 0 Å². The van der Waals surface area contributed by atoms with E-state index >= 15 is 0 Å². The molecule has 1 aliphatic rings. The summed E-state index contributed by atoms with van der Waals surface area (Å²) in [6.07, 6.45) is 1.44. The third kappa shape index (κ3) is 2.62. The molecule has 0 bridgehead atoms. The number of aromatic nitrogens is 4. The number of nitrogens with zero attached hydrogens (tertiary/aromatic N) is 4. The Morgan fingerprint density at radius 2 is 2.26 bits per heavy atom. The van der Waals surface area contributed by atoms with Gasteiger partial charge in [0.1, 0.15) is 5.82 Å². The van der Waals surface area contributed by atoms with Crippen LogP contribution in [0.15, 0.2) is 28.3 Å². The van der Waals surface area contributed by atoms with E-state index < -0.39 is 6.10 Å². The van der Waals surface area contributed by atoms with E-state index in [2.05, 4.69) is 15.5 Å². The highest BCUT2D eigenvalue weighted by Gasteiger charge is 2.28. The van der Waals surface area contributed by atoms with Gasteiger partial charge in [-0.2, -0.15) is 0 Å². The summed E-state index contributed by atoms with van der Waals surface area (Å²) in [5, 5.41) is 22.0. The van der Waals surface area contributed by atoms with E-state index in [9.17, 15) is 9.50 Å². The SMILES string of the molecule is CC(O)c1cc(F)ccc1Sc1nnnn1C1CC1. The van der Waals surface area contributed by atoms with Gasteiger partial charge in [-0.05, 0) is 65.7 Å². The normalized spacial score (nSPS) is 16.6. The van der Waals surface area contributed by atoms with E-state index in [0.29, 0.717) is 16.8 Å². The van der Waals surface area contributed by atoms with Gasteiger partial charge in [0.25, 0.3) is 0 Å². The average molecular weight is 280 g/mol. The maximum atomic E-state index is 13.2. The van der Waals surface area contributed by atoms with Crippen LogP contribution >= 0.6 is 11.8 Å². The minimum absolute atomic E-state index is 0.359. The molecule has 1 atom stereocenters. The number of hydrogen-bond donors (Lipinski definition) is 1. The second-order valence-electron chi connectivity index (χ2n) is 4.60. The van der Waals surface area contributed by atoms with Crippen molar-refractivity contribution >= 4 is 11.8 Å². The van der Waals surface area contributed by atoms with Crippen molar-refractivity contribution in [2.45, 2.75) is 42.0 Å². The second kappa shape index (κ2) is 4.90. The summed E-state index contributed by atoms with van der Waals surface area (Å²) in [4.78, 5) is 0.771. The van der Waals surface area contributed by atoms with Crippen LogP contribution in [0.5, 0.6) is 0 Å². The van der Waals surface area contributed by atoms with Gasteiger partial charge in [0.2, 0.25) is 5.16 Å². The third-order valence-corrected chi connectivity index (χ3v) is 4.02. The monoisotopic (exact) mass is 280 g/mol. The van der Waals surface area contributed by atoms with Gasteiger partial charge in [0, 0.05) is 4.90 Å². The summed E-state index contributed by atoms with van der Waals surface area (Å²) in [5.41, 5.74) is 0.551. The number of rotatable bonds is 4. The molecule has 0 amide bonds. The first-order chi connectivity index (χ1) is 9.15. The molecule has 3 rings (SSSR count). The van der Waals surface area contributed by atoms with E-state index in [1.807, 2.05) is 0 Å². The van der Waals surface area contributed by atoms with Gasteiger partial charge in [-0.15, -0.1) is 5.10 Å². The maximum Gasteiger partial charge on any atom is 0.214 e. The van der Waals surface area contributed by atoms with E-state index in [-0.39, 0.29) is 5.82 Å². The highest BCUT2D eigenvalue weighted by molar-refractivity contribution is 7.99. The summed E-state index contributed by atoms with van der Waals surface area (Å²) in [5.74, 6) is -0.359. The molecule has 0 saturated heterocycles. The lowest BCUT2D eigenvalue weighted by Gasteiger charge is -2.11. The standard InChI is InChI=1S/C12H13FN4OS/c1-7(18)10-6-8(13)2-5-11(10)19-12-14-15-16-17(12)9-3-4-9/h2,5-7,9,18H,3-4H2,1H3. The molecular weight excluding hydrogens is 267 g/mol. The van der Waals surface area contributed by atoms with E-state index in [1.54, 1.807) is 17.7 Å². The first-order valence-electron chi connectivity index (χ1n) is 6.08.